The van der Waals surface area contributed by atoms with E-state index in [1.54, 1.807) is 19.3 Å². The van der Waals surface area contributed by atoms with Gasteiger partial charge < -0.3 is 5.73 Å². The number of carbonyl (C=O) groups is 1. The molecule has 0 aliphatic rings. The Hall–Kier alpha value is -3.07. The second-order valence-corrected chi connectivity index (χ2v) is 8.63. The van der Waals surface area contributed by atoms with Crippen molar-refractivity contribution in [2.24, 2.45) is 5.73 Å². The van der Waals surface area contributed by atoms with Crippen molar-refractivity contribution in [3.8, 4) is 5.00 Å². The third-order valence-electron chi connectivity index (χ3n) is 5.28. The van der Waals surface area contributed by atoms with Crippen LogP contribution in [-0.4, -0.2) is 23.3 Å². The van der Waals surface area contributed by atoms with Gasteiger partial charge in [-0.1, -0.05) is 36.7 Å². The van der Waals surface area contributed by atoms with Crippen LogP contribution in [0.1, 0.15) is 39.2 Å². The van der Waals surface area contributed by atoms with Crippen LogP contribution in [0.15, 0.2) is 54.9 Å². The van der Waals surface area contributed by atoms with E-state index in [1.165, 1.54) is 23.5 Å². The van der Waals surface area contributed by atoms with Crippen molar-refractivity contribution in [1.29, 1.82) is 0 Å². The number of primary amides is 1. The van der Waals surface area contributed by atoms with Gasteiger partial charge in [-0.2, -0.15) is 13.2 Å². The standard InChI is InChI=1S/C22H19BF3N3OS/c1-12(15-4-2-3-5-16(15)22(24,25)26)8-13-9-19(31-20(13)21(27)30)29-11-28-17-10-14(23)6-7-18(17)29/h2-7,9-12H,8,23H2,1H3,(H2,27,30)/t12-/m0/s1. The molecule has 0 aliphatic carbocycles. The number of hydrogen-bond acceptors (Lipinski definition) is 3. The number of benzene rings is 2. The molecule has 2 aromatic heterocycles. The molecule has 1 amide bonds. The van der Waals surface area contributed by atoms with Crippen molar-refractivity contribution < 1.29 is 18.0 Å². The van der Waals surface area contributed by atoms with Crippen LogP contribution >= 0.6 is 11.3 Å². The van der Waals surface area contributed by atoms with Crippen LogP contribution < -0.4 is 11.2 Å². The van der Waals surface area contributed by atoms with Crippen LogP contribution in [0.4, 0.5) is 13.2 Å². The van der Waals surface area contributed by atoms with Gasteiger partial charge in [0.05, 0.1) is 21.5 Å². The summed E-state index contributed by atoms with van der Waals surface area (Å²) in [4.78, 5) is 16.8. The topological polar surface area (TPSA) is 60.9 Å². The molecule has 2 N–H and O–H groups in total. The molecule has 2 aromatic carbocycles. The van der Waals surface area contributed by atoms with E-state index in [0.29, 0.717) is 10.4 Å². The normalized spacial score (nSPS) is 12.9. The highest BCUT2D eigenvalue weighted by molar-refractivity contribution is 7.16. The lowest BCUT2D eigenvalue weighted by Gasteiger charge is -2.18. The molecule has 0 fully saturated rings. The van der Waals surface area contributed by atoms with E-state index >= 15 is 0 Å². The lowest BCUT2D eigenvalue weighted by atomic mass is 9.90. The molecular formula is C22H19BF3N3OS. The van der Waals surface area contributed by atoms with Crippen LogP contribution in [0.25, 0.3) is 16.0 Å². The summed E-state index contributed by atoms with van der Waals surface area (Å²) in [6.45, 7) is 1.72. The molecule has 2 heterocycles. The first-order chi connectivity index (χ1) is 14.6. The Morgan fingerprint density at radius 2 is 1.97 bits per heavy atom. The van der Waals surface area contributed by atoms with Gasteiger partial charge >= 0.3 is 6.18 Å². The molecule has 4 aromatic rings. The smallest absolute Gasteiger partial charge is 0.365 e. The predicted molar refractivity (Wildman–Crippen MR) is 119 cm³/mol. The summed E-state index contributed by atoms with van der Waals surface area (Å²) in [6, 6.07) is 13.2. The summed E-state index contributed by atoms with van der Waals surface area (Å²) >= 11 is 1.22. The molecule has 4 nitrogen and oxygen atoms in total. The Labute approximate surface area is 181 Å². The van der Waals surface area contributed by atoms with Crippen LogP contribution in [0.5, 0.6) is 0 Å². The van der Waals surface area contributed by atoms with Gasteiger partial charge in [0, 0.05) is 0 Å². The number of alkyl halides is 3. The minimum atomic E-state index is -4.44. The van der Waals surface area contributed by atoms with Crippen LogP contribution in [0.2, 0.25) is 0 Å². The summed E-state index contributed by atoms with van der Waals surface area (Å²) in [5.74, 6) is -1.05. The molecule has 31 heavy (non-hydrogen) atoms. The summed E-state index contributed by atoms with van der Waals surface area (Å²) < 4.78 is 42.2. The zero-order chi connectivity index (χ0) is 22.3. The number of halogens is 3. The maximum atomic E-state index is 13.4. The first-order valence-electron chi connectivity index (χ1n) is 9.68. The molecule has 0 saturated carbocycles. The average Bonchev–Trinajstić information content (AvgIpc) is 3.31. The lowest BCUT2D eigenvalue weighted by Crippen LogP contribution is -2.14. The number of nitrogens with two attached hydrogens (primary N) is 1. The van der Waals surface area contributed by atoms with Crippen LogP contribution in [0, 0.1) is 0 Å². The summed E-state index contributed by atoms with van der Waals surface area (Å²) in [7, 11) is 1.98. The fraction of sp³-hybridized carbons (Fsp3) is 0.182. The van der Waals surface area contributed by atoms with E-state index < -0.39 is 23.6 Å². The minimum Gasteiger partial charge on any atom is -0.365 e. The number of thiophene rings is 1. The summed E-state index contributed by atoms with van der Waals surface area (Å²) in [5.41, 5.74) is 8.55. The molecule has 0 unspecified atom stereocenters. The molecular weight excluding hydrogens is 422 g/mol. The molecule has 0 bridgehead atoms. The molecule has 0 saturated heterocycles. The number of imidazole rings is 1. The van der Waals surface area contributed by atoms with Crippen molar-refractivity contribution in [3.63, 3.8) is 0 Å². The summed E-state index contributed by atoms with van der Waals surface area (Å²) in [6.07, 6.45) is -2.51. The zero-order valence-corrected chi connectivity index (χ0v) is 17.7. The molecule has 0 spiro atoms. The van der Waals surface area contributed by atoms with Gasteiger partial charge in [0.15, 0.2) is 0 Å². The largest absolute Gasteiger partial charge is 0.416 e. The highest BCUT2D eigenvalue weighted by Crippen LogP contribution is 2.37. The fourth-order valence-corrected chi connectivity index (χ4v) is 4.84. The van der Waals surface area contributed by atoms with Crippen molar-refractivity contribution >= 4 is 41.6 Å². The van der Waals surface area contributed by atoms with Crippen molar-refractivity contribution in [2.75, 3.05) is 0 Å². The molecule has 0 aliphatic heterocycles. The Kier molecular flexibility index (Phi) is 5.39. The third kappa shape index (κ3) is 4.10. The van der Waals surface area contributed by atoms with E-state index in [4.69, 9.17) is 5.73 Å². The van der Waals surface area contributed by atoms with Gasteiger partial charge in [0.1, 0.15) is 19.2 Å². The molecule has 4 rings (SSSR count). The van der Waals surface area contributed by atoms with E-state index in [-0.39, 0.29) is 12.0 Å². The highest BCUT2D eigenvalue weighted by atomic mass is 32.1. The molecule has 1 atom stereocenters. The fourth-order valence-electron chi connectivity index (χ4n) is 3.82. The number of hydrogen-bond donors (Lipinski definition) is 1. The number of aromatic nitrogens is 2. The number of fused-ring (bicyclic) bond motifs is 1. The van der Waals surface area contributed by atoms with Gasteiger partial charge in [0.2, 0.25) is 0 Å². The monoisotopic (exact) mass is 441 g/mol. The van der Waals surface area contributed by atoms with Crippen LogP contribution in [0.3, 0.4) is 0 Å². The van der Waals surface area contributed by atoms with Crippen molar-refractivity contribution in [2.45, 2.75) is 25.4 Å². The van der Waals surface area contributed by atoms with Gasteiger partial charge in [-0.3, -0.25) is 9.36 Å². The number of rotatable bonds is 5. The van der Waals surface area contributed by atoms with Gasteiger partial charge in [-0.25, -0.2) is 4.98 Å². The maximum Gasteiger partial charge on any atom is 0.416 e. The predicted octanol–water partition coefficient (Wildman–Crippen LogP) is 3.81. The Morgan fingerprint density at radius 1 is 1.23 bits per heavy atom. The second-order valence-electron chi connectivity index (χ2n) is 7.60. The van der Waals surface area contributed by atoms with Crippen molar-refractivity contribution in [1.82, 2.24) is 9.55 Å². The van der Waals surface area contributed by atoms with E-state index in [1.807, 2.05) is 36.7 Å². The van der Waals surface area contributed by atoms with Gasteiger partial charge in [0.25, 0.3) is 5.91 Å². The first-order valence-corrected chi connectivity index (χ1v) is 10.5. The zero-order valence-electron chi connectivity index (χ0n) is 16.9. The average molecular weight is 441 g/mol. The molecule has 158 valence electrons. The Balaban J connectivity index is 1.73. The Bertz CT molecular complexity index is 1280. The van der Waals surface area contributed by atoms with Gasteiger partial charge in [-0.05, 0) is 47.7 Å². The highest BCUT2D eigenvalue weighted by Gasteiger charge is 2.34. The van der Waals surface area contributed by atoms with E-state index in [0.717, 1.165) is 27.6 Å². The minimum absolute atomic E-state index is 0.196. The summed E-state index contributed by atoms with van der Waals surface area (Å²) in [5, 5.41) is 0.742. The first kappa shape index (κ1) is 21.2. The SMILES string of the molecule is Bc1ccc2c(c1)ncn2-c1cc(C[C@H](C)c2ccccc2C(F)(F)F)c(C(N)=O)s1. The lowest BCUT2D eigenvalue weighted by molar-refractivity contribution is -0.138. The van der Waals surface area contributed by atoms with E-state index in [2.05, 4.69) is 4.98 Å². The number of nitrogens with zero attached hydrogens (tertiary/aromatic N) is 2. The second kappa shape index (κ2) is 7.88. The van der Waals surface area contributed by atoms with Crippen molar-refractivity contribution in [3.05, 3.63) is 76.4 Å². The maximum absolute atomic E-state index is 13.4. The Morgan fingerprint density at radius 3 is 2.68 bits per heavy atom. The van der Waals surface area contributed by atoms with Gasteiger partial charge in [-0.15, -0.1) is 11.3 Å². The quantitative estimate of drug-likeness (QED) is 0.479. The number of carbonyl (C=O) groups excluding carboxylic acids is 1. The van der Waals surface area contributed by atoms with E-state index in [9.17, 15) is 18.0 Å². The molecule has 0 radical (unpaired) electrons. The number of amides is 1. The molecule has 9 heteroatoms. The van der Waals surface area contributed by atoms with Crippen LogP contribution in [-0.2, 0) is 12.6 Å². The third-order valence-corrected chi connectivity index (χ3v) is 6.47.